The molecule has 0 bridgehead atoms. The zero-order chi connectivity index (χ0) is 21.5. The molecule has 6 nitrogen and oxygen atoms in total. The van der Waals surface area contributed by atoms with Crippen molar-refractivity contribution in [1.82, 2.24) is 0 Å². The molecule has 0 fully saturated rings. The van der Waals surface area contributed by atoms with Gasteiger partial charge in [-0.25, -0.2) is 9.80 Å². The molecule has 0 aromatic heterocycles. The van der Waals surface area contributed by atoms with Crippen LogP contribution in [0, 0.1) is 6.92 Å². The molecule has 2 aliphatic heterocycles. The van der Waals surface area contributed by atoms with Gasteiger partial charge in [0, 0.05) is 11.4 Å². The van der Waals surface area contributed by atoms with Crippen molar-refractivity contribution < 1.29 is 14.3 Å². The lowest BCUT2D eigenvalue weighted by atomic mass is 10.2. The number of esters is 1. The van der Waals surface area contributed by atoms with Crippen molar-refractivity contribution in [3.05, 3.63) is 70.8 Å². The molecule has 0 saturated heterocycles. The van der Waals surface area contributed by atoms with E-state index in [0.29, 0.717) is 4.91 Å². The van der Waals surface area contributed by atoms with Crippen molar-refractivity contribution >= 4 is 51.7 Å². The number of carbonyl (C=O) groups is 2. The normalized spacial score (nSPS) is 20.7. The Morgan fingerprint density at radius 2 is 1.63 bits per heavy atom. The number of carbonyl (C=O) groups excluding carboxylic acids is 2. The summed E-state index contributed by atoms with van der Waals surface area (Å²) in [5.74, 6) is -0.525. The van der Waals surface area contributed by atoms with Crippen molar-refractivity contribution in [3.8, 4) is 0 Å². The van der Waals surface area contributed by atoms with Crippen LogP contribution < -0.4 is 9.91 Å². The molecule has 4 rings (SSSR count). The van der Waals surface area contributed by atoms with Crippen molar-refractivity contribution in [2.75, 3.05) is 17.0 Å². The van der Waals surface area contributed by atoms with Crippen molar-refractivity contribution in [2.24, 2.45) is 5.10 Å². The molecule has 0 aliphatic carbocycles. The lowest BCUT2D eigenvalue weighted by Gasteiger charge is -2.41. The lowest BCUT2D eigenvalue weighted by Crippen LogP contribution is -2.49. The Morgan fingerprint density at radius 3 is 2.23 bits per heavy atom. The molecular formula is C22H21N3O3S2. The summed E-state index contributed by atoms with van der Waals surface area (Å²) in [6.45, 7) is 5.50. The minimum Gasteiger partial charge on any atom is -0.464 e. The average Bonchev–Trinajstić information content (AvgIpc) is 3.26. The van der Waals surface area contributed by atoms with Gasteiger partial charge in [0.05, 0.1) is 17.7 Å². The van der Waals surface area contributed by atoms with Crippen LogP contribution in [0.25, 0.3) is 0 Å². The number of thioether (sulfide) groups is 2. The number of ketones is 1. The third-order valence-electron chi connectivity index (χ3n) is 4.84. The maximum Gasteiger partial charge on any atom is 0.365 e. The number of rotatable bonds is 4. The van der Waals surface area contributed by atoms with Crippen LogP contribution in [0.2, 0.25) is 0 Å². The van der Waals surface area contributed by atoms with Gasteiger partial charge in [-0.3, -0.25) is 4.79 Å². The number of hydrogen-bond donors (Lipinski definition) is 0. The Hall–Kier alpha value is -2.71. The molecule has 0 unspecified atom stereocenters. The zero-order valence-electron chi connectivity index (χ0n) is 17.1. The maximum absolute atomic E-state index is 12.5. The van der Waals surface area contributed by atoms with E-state index in [1.165, 1.54) is 30.6 Å². The molecule has 2 aromatic carbocycles. The second kappa shape index (κ2) is 7.85. The van der Waals surface area contributed by atoms with Crippen molar-refractivity contribution in [2.45, 2.75) is 25.1 Å². The van der Waals surface area contributed by atoms with E-state index in [9.17, 15) is 9.59 Å². The second-order valence-corrected chi connectivity index (χ2v) is 9.54. The highest BCUT2D eigenvalue weighted by molar-refractivity contribution is 8.29. The van der Waals surface area contributed by atoms with Crippen LogP contribution in [0.4, 0.5) is 11.4 Å². The van der Waals surface area contributed by atoms with E-state index in [2.05, 4.69) is 10.0 Å². The Labute approximate surface area is 184 Å². The first-order chi connectivity index (χ1) is 14.4. The van der Waals surface area contributed by atoms with Crippen LogP contribution in [0.3, 0.4) is 0 Å². The molecule has 0 radical (unpaired) electrons. The lowest BCUT2D eigenvalue weighted by molar-refractivity contribution is -0.132. The molecular weight excluding hydrogens is 418 g/mol. The number of hydrazone groups is 1. The van der Waals surface area contributed by atoms with Crippen LogP contribution in [-0.4, -0.2) is 28.2 Å². The smallest absolute Gasteiger partial charge is 0.365 e. The highest BCUT2D eigenvalue weighted by Crippen LogP contribution is 2.60. The van der Waals surface area contributed by atoms with Gasteiger partial charge in [0.15, 0.2) is 5.78 Å². The van der Waals surface area contributed by atoms with E-state index >= 15 is 0 Å². The van der Waals surface area contributed by atoms with Gasteiger partial charge in [-0.15, -0.1) is 0 Å². The van der Waals surface area contributed by atoms with Gasteiger partial charge < -0.3 is 9.64 Å². The van der Waals surface area contributed by atoms with Crippen molar-refractivity contribution in [3.63, 3.8) is 0 Å². The zero-order valence-corrected chi connectivity index (χ0v) is 18.7. The summed E-state index contributed by atoms with van der Waals surface area (Å²) in [5.41, 5.74) is 3.67. The Bertz CT molecular complexity index is 1070. The number of nitrogens with zero attached hydrogens (tertiary/aromatic N) is 3. The van der Waals surface area contributed by atoms with E-state index in [1.54, 1.807) is 11.9 Å². The minimum atomic E-state index is -0.898. The summed E-state index contributed by atoms with van der Waals surface area (Å²) < 4.78 is 4.06. The number of para-hydroxylation sites is 1. The summed E-state index contributed by atoms with van der Waals surface area (Å²) in [6, 6.07) is 17.7. The monoisotopic (exact) mass is 439 g/mol. The Kier molecular flexibility index (Phi) is 5.38. The van der Waals surface area contributed by atoms with Gasteiger partial charge in [0.2, 0.25) is 9.37 Å². The second-order valence-electron chi connectivity index (χ2n) is 6.94. The van der Waals surface area contributed by atoms with E-state index in [1.807, 2.05) is 68.4 Å². The molecule has 2 aromatic rings. The number of Topliss-reactive ketones (excluding diaryl/α,β-unsaturated/α-hetero) is 1. The first-order valence-electron chi connectivity index (χ1n) is 9.36. The highest BCUT2D eigenvalue weighted by atomic mass is 32.2. The molecule has 30 heavy (non-hydrogen) atoms. The number of aryl methyl sites for hydroxylation is 1. The highest BCUT2D eigenvalue weighted by Gasteiger charge is 2.57. The van der Waals surface area contributed by atoms with Gasteiger partial charge in [0.25, 0.3) is 0 Å². The Balaban J connectivity index is 1.91. The molecule has 0 N–H and O–H groups in total. The molecule has 0 amide bonds. The average molecular weight is 440 g/mol. The van der Waals surface area contributed by atoms with Crippen LogP contribution in [0.1, 0.15) is 19.4 Å². The van der Waals surface area contributed by atoms with Crippen LogP contribution >= 0.6 is 23.5 Å². The van der Waals surface area contributed by atoms with Crippen LogP contribution in [0.15, 0.2) is 70.3 Å². The number of anilines is 2. The number of hydrogen-bond acceptors (Lipinski definition) is 8. The van der Waals surface area contributed by atoms with Gasteiger partial charge in [-0.2, -0.15) is 5.10 Å². The maximum atomic E-state index is 12.5. The molecule has 1 atom stereocenters. The van der Waals surface area contributed by atoms with E-state index in [-0.39, 0.29) is 10.8 Å². The topological polar surface area (TPSA) is 62.2 Å². The number of benzene rings is 2. The predicted octanol–water partition coefficient (Wildman–Crippen LogP) is 4.72. The van der Waals surface area contributed by atoms with Gasteiger partial charge in [-0.05, 0) is 56.8 Å². The number of methoxy groups -OCH3 is 1. The fourth-order valence-electron chi connectivity index (χ4n) is 3.45. The van der Waals surface area contributed by atoms with Crippen molar-refractivity contribution in [1.29, 1.82) is 0 Å². The molecule has 1 spiro atoms. The summed E-state index contributed by atoms with van der Waals surface area (Å²) in [4.78, 5) is 27.6. The molecule has 2 heterocycles. The summed E-state index contributed by atoms with van der Waals surface area (Å²) in [5, 5.41) is 6.68. The quantitative estimate of drug-likeness (QED) is 0.639. The van der Waals surface area contributed by atoms with E-state index < -0.39 is 10.3 Å². The van der Waals surface area contributed by atoms with Crippen LogP contribution in [-0.2, 0) is 14.3 Å². The number of ether oxygens (including phenoxy) is 1. The standard InChI is InChI=1S/C22H21N3O3S2/c1-14-10-12-18(13-11-14)25-22(30-20(23-25)21(27)28-4)24(17-8-6-5-7-9-17)15(2)19(29-22)16(3)26/h5-13H,1-4H3/t22-/m0/s1. The molecule has 8 heteroatoms. The third kappa shape index (κ3) is 3.30. The molecule has 2 aliphatic rings. The third-order valence-corrected chi connectivity index (χ3v) is 7.81. The fraction of sp³-hybridized carbons (Fsp3) is 0.227. The SMILES string of the molecule is COC(=O)C1=NN(c2ccc(C)cc2)[C@]2(S1)SC(C(C)=O)=C(C)N2c1ccccc1. The number of allylic oxidation sites excluding steroid dienone is 2. The largest absolute Gasteiger partial charge is 0.464 e. The van der Waals surface area contributed by atoms with Crippen LogP contribution in [0.5, 0.6) is 0 Å². The van der Waals surface area contributed by atoms with E-state index in [0.717, 1.165) is 22.6 Å². The summed E-state index contributed by atoms with van der Waals surface area (Å²) in [7, 11) is 1.34. The Morgan fingerprint density at radius 1 is 0.967 bits per heavy atom. The summed E-state index contributed by atoms with van der Waals surface area (Å²) >= 11 is 2.69. The molecule has 154 valence electrons. The fourth-order valence-corrected chi connectivity index (χ4v) is 6.43. The minimum absolute atomic E-state index is 0.0220. The van der Waals surface area contributed by atoms with Gasteiger partial charge in [-0.1, -0.05) is 47.7 Å². The van der Waals surface area contributed by atoms with Gasteiger partial charge in [0.1, 0.15) is 0 Å². The first-order valence-corrected chi connectivity index (χ1v) is 11.0. The van der Waals surface area contributed by atoms with Gasteiger partial charge >= 0.3 is 5.97 Å². The molecule has 0 saturated carbocycles. The van der Waals surface area contributed by atoms with E-state index in [4.69, 9.17) is 4.74 Å². The predicted molar refractivity (Wildman–Crippen MR) is 123 cm³/mol. The summed E-state index contributed by atoms with van der Waals surface area (Å²) in [6.07, 6.45) is 0. The first kappa shape index (κ1) is 20.6.